The molecule has 0 fully saturated rings. The lowest BCUT2D eigenvalue weighted by atomic mass is 10.1. The Kier molecular flexibility index (Phi) is 5.79. The van der Waals surface area contributed by atoms with E-state index < -0.39 is 0 Å². The summed E-state index contributed by atoms with van der Waals surface area (Å²) in [5.74, 6) is -0.320. The van der Waals surface area contributed by atoms with E-state index in [1.54, 1.807) is 0 Å². The topological polar surface area (TPSA) is 58.2 Å². The smallest absolute Gasteiger partial charge is 0.238 e. The van der Waals surface area contributed by atoms with Gasteiger partial charge in [0.15, 0.2) is 0 Å². The fourth-order valence-corrected chi connectivity index (χ4v) is 1.39. The number of nitrogens with one attached hydrogen (secondary N) is 2. The number of rotatable bonds is 5. The van der Waals surface area contributed by atoms with Gasteiger partial charge in [0, 0.05) is 12.8 Å². The minimum Gasteiger partial charge on any atom is -0.273 e. The lowest BCUT2D eigenvalue weighted by molar-refractivity contribution is -0.128. The predicted octanol–water partition coefficient (Wildman–Crippen LogP) is 1.57. The number of carbonyl (C=O) groups excluding carboxylic acids is 2. The third-order valence-corrected chi connectivity index (χ3v) is 2.30. The maximum atomic E-state index is 11.4. The number of hydrogen-bond acceptors (Lipinski definition) is 2. The molecule has 2 N–H and O–H groups in total. The molecule has 4 nitrogen and oxygen atoms in total. The molecule has 0 radical (unpaired) electrons. The summed E-state index contributed by atoms with van der Waals surface area (Å²) in [5.41, 5.74) is 5.89. The van der Waals surface area contributed by atoms with Gasteiger partial charge >= 0.3 is 0 Å². The molecule has 17 heavy (non-hydrogen) atoms. The maximum Gasteiger partial charge on any atom is 0.238 e. The van der Waals surface area contributed by atoms with Gasteiger partial charge in [-0.2, -0.15) is 0 Å². The highest BCUT2D eigenvalue weighted by molar-refractivity contribution is 5.81. The summed E-state index contributed by atoms with van der Waals surface area (Å²) in [4.78, 5) is 22.5. The van der Waals surface area contributed by atoms with Gasteiger partial charge in [-0.1, -0.05) is 37.3 Å². The average molecular weight is 234 g/mol. The van der Waals surface area contributed by atoms with E-state index in [9.17, 15) is 9.59 Å². The first-order chi connectivity index (χ1) is 8.22. The van der Waals surface area contributed by atoms with Gasteiger partial charge in [0.05, 0.1) is 0 Å². The summed E-state index contributed by atoms with van der Waals surface area (Å²) >= 11 is 0. The second-order valence-electron chi connectivity index (χ2n) is 3.83. The maximum absolute atomic E-state index is 11.4. The van der Waals surface area contributed by atoms with E-state index in [-0.39, 0.29) is 11.8 Å². The molecule has 0 bridgehead atoms. The van der Waals surface area contributed by atoms with E-state index in [2.05, 4.69) is 10.9 Å². The molecule has 0 aromatic heterocycles. The molecule has 1 aromatic rings. The van der Waals surface area contributed by atoms with Crippen molar-refractivity contribution < 1.29 is 9.59 Å². The number of hydrazine groups is 1. The van der Waals surface area contributed by atoms with Crippen LogP contribution in [0.25, 0.3) is 0 Å². The summed E-state index contributed by atoms with van der Waals surface area (Å²) in [6.45, 7) is 1.91. The molecule has 0 aliphatic carbocycles. The van der Waals surface area contributed by atoms with Crippen molar-refractivity contribution in [2.45, 2.75) is 32.6 Å². The summed E-state index contributed by atoms with van der Waals surface area (Å²) in [7, 11) is 0. The van der Waals surface area contributed by atoms with Gasteiger partial charge in [-0.25, -0.2) is 0 Å². The minimum absolute atomic E-state index is 0.152. The Morgan fingerprint density at radius 3 is 2.18 bits per heavy atom. The second kappa shape index (κ2) is 7.44. The molecule has 0 aliphatic heterocycles. The van der Waals surface area contributed by atoms with Crippen LogP contribution in [0.1, 0.15) is 31.7 Å². The van der Waals surface area contributed by atoms with Crippen LogP contribution in [0.15, 0.2) is 30.3 Å². The lowest BCUT2D eigenvalue weighted by Gasteiger charge is -2.06. The second-order valence-corrected chi connectivity index (χ2v) is 3.83. The first-order valence-corrected chi connectivity index (χ1v) is 5.84. The largest absolute Gasteiger partial charge is 0.273 e. The van der Waals surface area contributed by atoms with E-state index >= 15 is 0 Å². The lowest BCUT2D eigenvalue weighted by Crippen LogP contribution is -2.41. The third-order valence-electron chi connectivity index (χ3n) is 2.30. The number of carbonyl (C=O) groups is 2. The number of aryl methyl sites for hydroxylation is 1. The monoisotopic (exact) mass is 234 g/mol. The minimum atomic E-state index is -0.168. The van der Waals surface area contributed by atoms with Crippen LogP contribution < -0.4 is 10.9 Å². The molecule has 0 saturated carbocycles. The van der Waals surface area contributed by atoms with Gasteiger partial charge in [0.1, 0.15) is 0 Å². The van der Waals surface area contributed by atoms with Crippen molar-refractivity contribution in [1.29, 1.82) is 0 Å². The van der Waals surface area contributed by atoms with Crippen LogP contribution in [0.2, 0.25) is 0 Å². The Morgan fingerprint density at radius 1 is 1.00 bits per heavy atom. The van der Waals surface area contributed by atoms with Crippen molar-refractivity contribution in [3.63, 3.8) is 0 Å². The Balaban J connectivity index is 2.20. The molecule has 0 atom stereocenters. The molecule has 0 spiro atoms. The van der Waals surface area contributed by atoms with Crippen molar-refractivity contribution in [1.82, 2.24) is 10.9 Å². The van der Waals surface area contributed by atoms with Gasteiger partial charge in [0.2, 0.25) is 11.8 Å². The molecule has 0 unspecified atom stereocenters. The number of hydrogen-bond donors (Lipinski definition) is 2. The quantitative estimate of drug-likeness (QED) is 0.760. The fourth-order valence-electron chi connectivity index (χ4n) is 1.39. The van der Waals surface area contributed by atoms with Gasteiger partial charge in [-0.3, -0.25) is 20.4 Å². The molecule has 0 aliphatic rings. The molecular formula is C13H18N2O2. The van der Waals surface area contributed by atoms with E-state index in [0.717, 1.165) is 12.0 Å². The summed E-state index contributed by atoms with van der Waals surface area (Å²) in [6, 6.07) is 9.77. The van der Waals surface area contributed by atoms with Crippen LogP contribution in [-0.4, -0.2) is 11.8 Å². The van der Waals surface area contributed by atoms with E-state index in [1.165, 1.54) is 0 Å². The molecular weight excluding hydrogens is 216 g/mol. The normalized spacial score (nSPS) is 9.71. The number of benzene rings is 1. The standard InChI is InChI=1S/C13H18N2O2/c1-2-6-12(16)14-15-13(17)10-9-11-7-4-3-5-8-11/h3-5,7-8H,2,6,9-10H2,1H3,(H,14,16)(H,15,17). The zero-order valence-corrected chi connectivity index (χ0v) is 10.0. The van der Waals surface area contributed by atoms with Crippen LogP contribution in [0.3, 0.4) is 0 Å². The first kappa shape index (κ1) is 13.2. The van der Waals surface area contributed by atoms with Crippen LogP contribution in [-0.2, 0) is 16.0 Å². The Bertz CT molecular complexity index is 363. The summed E-state index contributed by atoms with van der Waals surface area (Å²) in [6.07, 6.45) is 2.25. The zero-order valence-electron chi connectivity index (χ0n) is 10.0. The van der Waals surface area contributed by atoms with E-state index in [4.69, 9.17) is 0 Å². The predicted molar refractivity (Wildman–Crippen MR) is 66.0 cm³/mol. The third kappa shape index (κ3) is 5.70. The highest BCUT2D eigenvalue weighted by Gasteiger charge is 2.03. The molecule has 0 saturated heterocycles. The Labute approximate surface area is 101 Å². The zero-order chi connectivity index (χ0) is 12.5. The van der Waals surface area contributed by atoms with Crippen molar-refractivity contribution in [2.24, 2.45) is 0 Å². The van der Waals surface area contributed by atoms with Gasteiger partial charge in [-0.15, -0.1) is 0 Å². The Hall–Kier alpha value is -1.84. The van der Waals surface area contributed by atoms with Crippen LogP contribution >= 0.6 is 0 Å². The van der Waals surface area contributed by atoms with Crippen molar-refractivity contribution in [2.75, 3.05) is 0 Å². The van der Waals surface area contributed by atoms with Crippen LogP contribution in [0, 0.1) is 0 Å². The van der Waals surface area contributed by atoms with Crippen LogP contribution in [0.4, 0.5) is 0 Å². The molecule has 1 rings (SSSR count). The number of amides is 2. The SMILES string of the molecule is CCCC(=O)NNC(=O)CCc1ccccc1. The molecule has 2 amide bonds. The van der Waals surface area contributed by atoms with Crippen molar-refractivity contribution in [3.05, 3.63) is 35.9 Å². The highest BCUT2D eigenvalue weighted by Crippen LogP contribution is 2.01. The van der Waals surface area contributed by atoms with Gasteiger partial charge < -0.3 is 0 Å². The van der Waals surface area contributed by atoms with Gasteiger partial charge in [0.25, 0.3) is 0 Å². The molecule has 4 heteroatoms. The van der Waals surface area contributed by atoms with Crippen molar-refractivity contribution >= 4 is 11.8 Å². The summed E-state index contributed by atoms with van der Waals surface area (Å²) in [5, 5.41) is 0. The molecule has 92 valence electrons. The van der Waals surface area contributed by atoms with Crippen LogP contribution in [0.5, 0.6) is 0 Å². The first-order valence-electron chi connectivity index (χ1n) is 5.84. The highest BCUT2D eigenvalue weighted by atomic mass is 16.2. The average Bonchev–Trinajstić information content (AvgIpc) is 2.35. The fraction of sp³-hybridized carbons (Fsp3) is 0.385. The van der Waals surface area contributed by atoms with E-state index in [0.29, 0.717) is 19.3 Å². The Morgan fingerprint density at radius 2 is 1.59 bits per heavy atom. The molecule has 0 heterocycles. The van der Waals surface area contributed by atoms with Gasteiger partial charge in [-0.05, 0) is 18.4 Å². The van der Waals surface area contributed by atoms with Crippen molar-refractivity contribution in [3.8, 4) is 0 Å². The van der Waals surface area contributed by atoms with E-state index in [1.807, 2.05) is 37.3 Å². The summed E-state index contributed by atoms with van der Waals surface area (Å²) < 4.78 is 0. The molecule has 1 aromatic carbocycles.